The van der Waals surface area contributed by atoms with Crippen molar-refractivity contribution in [2.24, 2.45) is 0 Å². The Bertz CT molecular complexity index is 468. The molecule has 0 saturated heterocycles. The molecule has 1 N–H and O–H groups in total. The fraction of sp³-hybridized carbons (Fsp3) is 0.182. The van der Waals surface area contributed by atoms with E-state index < -0.39 is 17.9 Å². The van der Waals surface area contributed by atoms with Gasteiger partial charge in [0.25, 0.3) is 0 Å². The third-order valence-corrected chi connectivity index (χ3v) is 1.75. The molecule has 1 aromatic rings. The van der Waals surface area contributed by atoms with Gasteiger partial charge in [0.05, 0.1) is 5.56 Å². The second-order valence-electron chi connectivity index (χ2n) is 3.25. The average Bonchev–Trinajstić information content (AvgIpc) is 2.26. The van der Waals surface area contributed by atoms with Crippen LogP contribution in [0.25, 0.3) is 0 Å². The van der Waals surface area contributed by atoms with Crippen molar-refractivity contribution in [1.82, 2.24) is 0 Å². The first-order valence-corrected chi connectivity index (χ1v) is 4.91. The number of hydrogen-bond acceptors (Lipinski definition) is 6. The van der Waals surface area contributed by atoms with Crippen molar-refractivity contribution < 1.29 is 29.2 Å². The molecule has 0 aromatic heterocycles. The standard InChI is InChI=1S/C11H11NO6/c1-7(13)17-12(18-8(2)14)10-6-4-3-5-9(10)11(15)16/h3-6H,1-2H3,(H,15,16). The maximum Gasteiger partial charge on any atom is 0.338 e. The van der Waals surface area contributed by atoms with Gasteiger partial charge in [-0.2, -0.15) is 0 Å². The lowest BCUT2D eigenvalue weighted by molar-refractivity contribution is -0.171. The van der Waals surface area contributed by atoms with E-state index in [-0.39, 0.29) is 11.3 Å². The number of benzene rings is 1. The van der Waals surface area contributed by atoms with Crippen LogP contribution in [0.4, 0.5) is 5.69 Å². The maximum atomic E-state index is 11.0. The monoisotopic (exact) mass is 253 g/mol. The quantitative estimate of drug-likeness (QED) is 0.804. The summed E-state index contributed by atoms with van der Waals surface area (Å²) in [7, 11) is 0. The zero-order chi connectivity index (χ0) is 13.7. The van der Waals surface area contributed by atoms with Crippen LogP contribution in [0.15, 0.2) is 24.3 Å². The molecule has 96 valence electrons. The molecule has 1 aromatic carbocycles. The van der Waals surface area contributed by atoms with Gasteiger partial charge in [0.1, 0.15) is 5.69 Å². The van der Waals surface area contributed by atoms with Crippen molar-refractivity contribution in [1.29, 1.82) is 0 Å². The predicted molar refractivity (Wildman–Crippen MR) is 59.4 cm³/mol. The van der Waals surface area contributed by atoms with Crippen molar-refractivity contribution in [3.63, 3.8) is 0 Å². The third kappa shape index (κ3) is 3.48. The first kappa shape index (κ1) is 13.5. The van der Waals surface area contributed by atoms with Crippen LogP contribution >= 0.6 is 0 Å². The van der Waals surface area contributed by atoms with Crippen molar-refractivity contribution in [3.8, 4) is 0 Å². The fourth-order valence-corrected chi connectivity index (χ4v) is 1.16. The number of para-hydroxylation sites is 1. The third-order valence-electron chi connectivity index (χ3n) is 1.75. The molecule has 7 heteroatoms. The molecule has 0 bridgehead atoms. The lowest BCUT2D eigenvalue weighted by Crippen LogP contribution is -2.29. The Kier molecular flexibility index (Phi) is 4.25. The smallest absolute Gasteiger partial charge is 0.338 e. The van der Waals surface area contributed by atoms with Gasteiger partial charge in [-0.15, -0.1) is 0 Å². The number of anilines is 1. The summed E-state index contributed by atoms with van der Waals surface area (Å²) < 4.78 is 0. The van der Waals surface area contributed by atoms with E-state index in [1.165, 1.54) is 24.3 Å². The van der Waals surface area contributed by atoms with E-state index in [1.807, 2.05) is 0 Å². The Balaban J connectivity index is 3.15. The van der Waals surface area contributed by atoms with Crippen LogP contribution < -0.4 is 5.23 Å². The van der Waals surface area contributed by atoms with Gasteiger partial charge in [-0.3, -0.25) is 0 Å². The summed E-state index contributed by atoms with van der Waals surface area (Å²) in [6, 6.07) is 5.64. The number of hydrogen-bond donors (Lipinski definition) is 1. The molecule has 0 atom stereocenters. The largest absolute Gasteiger partial charge is 0.478 e. The van der Waals surface area contributed by atoms with Crippen LogP contribution in [0.5, 0.6) is 0 Å². The van der Waals surface area contributed by atoms with E-state index in [9.17, 15) is 14.4 Å². The normalized spacial score (nSPS) is 9.44. The SMILES string of the molecule is CC(=O)ON(OC(C)=O)c1ccccc1C(=O)O. The summed E-state index contributed by atoms with van der Waals surface area (Å²) in [6.07, 6.45) is 0. The van der Waals surface area contributed by atoms with Crippen LogP contribution in [0.3, 0.4) is 0 Å². The minimum atomic E-state index is -1.24. The summed E-state index contributed by atoms with van der Waals surface area (Å²) in [5, 5.41) is 9.46. The number of carbonyl (C=O) groups excluding carboxylic acids is 2. The van der Waals surface area contributed by atoms with Gasteiger partial charge in [-0.05, 0) is 17.4 Å². The number of carboxylic acid groups (broad SMARTS) is 1. The summed E-state index contributed by atoms with van der Waals surface area (Å²) in [6.45, 7) is 2.19. The highest BCUT2D eigenvalue weighted by atomic mass is 17.0. The van der Waals surface area contributed by atoms with Crippen LogP contribution in [-0.4, -0.2) is 23.0 Å². The number of aromatic carboxylic acids is 1. The van der Waals surface area contributed by atoms with Gasteiger partial charge in [0, 0.05) is 13.8 Å². The van der Waals surface area contributed by atoms with Crippen LogP contribution in [0.1, 0.15) is 24.2 Å². The zero-order valence-electron chi connectivity index (χ0n) is 9.75. The van der Waals surface area contributed by atoms with E-state index in [0.29, 0.717) is 5.23 Å². The molecule has 0 aliphatic rings. The maximum absolute atomic E-state index is 11.0. The molecule has 0 heterocycles. The Hall–Kier alpha value is -2.57. The molecule has 0 saturated carbocycles. The number of nitrogens with zero attached hydrogens (tertiary/aromatic N) is 1. The Morgan fingerprint density at radius 3 is 2.00 bits per heavy atom. The van der Waals surface area contributed by atoms with Gasteiger partial charge in [0.15, 0.2) is 0 Å². The molecule has 0 aliphatic heterocycles. The summed E-state index contributed by atoms with van der Waals surface area (Å²) >= 11 is 0. The van der Waals surface area contributed by atoms with E-state index in [4.69, 9.17) is 5.11 Å². The van der Waals surface area contributed by atoms with E-state index in [0.717, 1.165) is 13.8 Å². The summed E-state index contributed by atoms with van der Waals surface area (Å²) in [5.74, 6) is -2.75. The molecule has 0 unspecified atom stereocenters. The van der Waals surface area contributed by atoms with Gasteiger partial charge in [-0.1, -0.05) is 12.1 Å². The van der Waals surface area contributed by atoms with Gasteiger partial charge < -0.3 is 14.8 Å². The highest BCUT2D eigenvalue weighted by molar-refractivity contribution is 5.94. The second-order valence-corrected chi connectivity index (χ2v) is 3.25. The molecule has 0 spiro atoms. The highest BCUT2D eigenvalue weighted by Crippen LogP contribution is 2.21. The molecule has 0 fully saturated rings. The molecular weight excluding hydrogens is 242 g/mol. The van der Waals surface area contributed by atoms with E-state index in [2.05, 4.69) is 9.68 Å². The Morgan fingerprint density at radius 1 is 1.06 bits per heavy atom. The average molecular weight is 253 g/mol. The van der Waals surface area contributed by atoms with Crippen molar-refractivity contribution in [2.45, 2.75) is 13.8 Å². The number of carboxylic acids is 1. The fourth-order valence-electron chi connectivity index (χ4n) is 1.16. The van der Waals surface area contributed by atoms with Crippen molar-refractivity contribution >= 4 is 23.6 Å². The molecule has 0 amide bonds. The van der Waals surface area contributed by atoms with Crippen molar-refractivity contribution in [2.75, 3.05) is 5.23 Å². The summed E-state index contributed by atoms with van der Waals surface area (Å²) in [4.78, 5) is 42.0. The second kappa shape index (κ2) is 5.67. The van der Waals surface area contributed by atoms with Gasteiger partial charge >= 0.3 is 17.9 Å². The number of carbonyl (C=O) groups is 3. The van der Waals surface area contributed by atoms with Gasteiger partial charge in [0.2, 0.25) is 0 Å². The van der Waals surface area contributed by atoms with Crippen molar-refractivity contribution in [3.05, 3.63) is 29.8 Å². The highest BCUT2D eigenvalue weighted by Gasteiger charge is 2.21. The minimum Gasteiger partial charge on any atom is -0.478 e. The molecule has 18 heavy (non-hydrogen) atoms. The van der Waals surface area contributed by atoms with E-state index in [1.54, 1.807) is 0 Å². The number of rotatable bonds is 4. The first-order chi connectivity index (χ1) is 8.41. The minimum absolute atomic E-state index is 0.0598. The van der Waals surface area contributed by atoms with E-state index >= 15 is 0 Å². The predicted octanol–water partition coefficient (Wildman–Crippen LogP) is 1.15. The Labute approximate surface area is 102 Å². The van der Waals surface area contributed by atoms with Crippen LogP contribution in [-0.2, 0) is 19.3 Å². The summed E-state index contributed by atoms with van der Waals surface area (Å²) in [5.41, 5.74) is -0.226. The lowest BCUT2D eigenvalue weighted by atomic mass is 10.2. The Morgan fingerprint density at radius 2 is 1.56 bits per heavy atom. The molecular formula is C11H11NO6. The topological polar surface area (TPSA) is 93.1 Å². The molecule has 0 aliphatic carbocycles. The van der Waals surface area contributed by atoms with Crippen LogP contribution in [0.2, 0.25) is 0 Å². The van der Waals surface area contributed by atoms with Crippen LogP contribution in [0, 0.1) is 0 Å². The molecule has 7 nitrogen and oxygen atoms in total. The zero-order valence-corrected chi connectivity index (χ0v) is 9.75. The molecule has 1 rings (SSSR count). The first-order valence-electron chi connectivity index (χ1n) is 4.91. The lowest BCUT2D eigenvalue weighted by Gasteiger charge is -2.20. The van der Waals surface area contributed by atoms with Gasteiger partial charge in [-0.25, -0.2) is 14.4 Å². The molecule has 0 radical (unpaired) electrons.